The number of urea groups is 1. The molecule has 0 fully saturated rings. The highest BCUT2D eigenvalue weighted by atomic mass is 16.4. The van der Waals surface area contributed by atoms with Crippen molar-refractivity contribution in [1.82, 2.24) is 20.4 Å². The number of carboxylic acid groups (broad SMARTS) is 1. The van der Waals surface area contributed by atoms with Gasteiger partial charge in [-0.15, -0.1) is 0 Å². The van der Waals surface area contributed by atoms with Gasteiger partial charge in [0.05, 0.1) is 12.2 Å². The summed E-state index contributed by atoms with van der Waals surface area (Å²) in [5.74, 6) is -1.09. The zero-order chi connectivity index (χ0) is 13.1. The van der Waals surface area contributed by atoms with E-state index < -0.39 is 17.5 Å². The van der Waals surface area contributed by atoms with Crippen molar-refractivity contribution in [3.63, 3.8) is 0 Å². The molecule has 1 heterocycles. The van der Waals surface area contributed by atoms with Gasteiger partial charge in [0.2, 0.25) is 0 Å². The van der Waals surface area contributed by atoms with E-state index >= 15 is 0 Å². The summed E-state index contributed by atoms with van der Waals surface area (Å²) < 4.78 is 1.62. The van der Waals surface area contributed by atoms with Gasteiger partial charge in [-0.1, -0.05) is 0 Å². The van der Waals surface area contributed by atoms with E-state index in [0.29, 0.717) is 5.69 Å². The molecule has 7 nitrogen and oxygen atoms in total. The molecule has 0 atom stereocenters. The molecule has 0 radical (unpaired) electrons. The highest BCUT2D eigenvalue weighted by Crippen LogP contribution is 2.01. The monoisotopic (exact) mass is 240 g/mol. The average molecular weight is 240 g/mol. The molecular formula is C10H16N4O3. The lowest BCUT2D eigenvalue weighted by molar-refractivity contribution is -0.142. The normalized spacial score (nSPS) is 11.0. The van der Waals surface area contributed by atoms with Gasteiger partial charge in [-0.25, -0.2) is 9.59 Å². The van der Waals surface area contributed by atoms with Gasteiger partial charge in [-0.05, 0) is 19.9 Å². The zero-order valence-corrected chi connectivity index (χ0v) is 10.0. The van der Waals surface area contributed by atoms with Crippen molar-refractivity contribution >= 4 is 12.0 Å². The van der Waals surface area contributed by atoms with E-state index in [4.69, 9.17) is 5.11 Å². The minimum absolute atomic E-state index is 0.252. The molecule has 94 valence electrons. The molecule has 0 aliphatic rings. The van der Waals surface area contributed by atoms with E-state index in [-0.39, 0.29) is 6.54 Å². The second-order valence-corrected chi connectivity index (χ2v) is 4.22. The quantitative estimate of drug-likeness (QED) is 0.694. The number of aryl methyl sites for hydroxylation is 1. The molecule has 0 aliphatic carbocycles. The van der Waals surface area contributed by atoms with Crippen LogP contribution < -0.4 is 10.6 Å². The first-order chi connectivity index (χ1) is 7.81. The number of nitrogens with zero attached hydrogens (tertiary/aromatic N) is 2. The highest BCUT2D eigenvalue weighted by Gasteiger charge is 2.28. The number of aliphatic carboxylic acids is 1. The van der Waals surface area contributed by atoms with Gasteiger partial charge >= 0.3 is 12.0 Å². The van der Waals surface area contributed by atoms with Gasteiger partial charge in [0.1, 0.15) is 5.54 Å². The van der Waals surface area contributed by atoms with Crippen molar-refractivity contribution in [2.75, 3.05) is 0 Å². The number of carbonyl (C=O) groups is 2. The van der Waals surface area contributed by atoms with Gasteiger partial charge in [0.15, 0.2) is 0 Å². The summed E-state index contributed by atoms with van der Waals surface area (Å²) in [6, 6.07) is 1.23. The Hall–Kier alpha value is -2.05. The van der Waals surface area contributed by atoms with Crippen molar-refractivity contribution in [2.45, 2.75) is 25.9 Å². The number of amides is 2. The van der Waals surface area contributed by atoms with Crippen molar-refractivity contribution in [2.24, 2.45) is 7.05 Å². The SMILES string of the molecule is Cn1ccc(CNC(=O)NC(C)(C)C(=O)O)n1. The Labute approximate surface area is 98.8 Å². The molecule has 0 unspecified atom stereocenters. The van der Waals surface area contributed by atoms with Crippen molar-refractivity contribution in [1.29, 1.82) is 0 Å². The van der Waals surface area contributed by atoms with Crippen molar-refractivity contribution in [3.05, 3.63) is 18.0 Å². The second-order valence-electron chi connectivity index (χ2n) is 4.22. The first kappa shape index (κ1) is 13.0. The molecule has 17 heavy (non-hydrogen) atoms. The first-order valence-electron chi connectivity index (χ1n) is 5.09. The molecule has 0 spiro atoms. The maximum absolute atomic E-state index is 11.4. The molecule has 3 N–H and O–H groups in total. The van der Waals surface area contributed by atoms with E-state index in [9.17, 15) is 9.59 Å². The number of hydrogen-bond acceptors (Lipinski definition) is 3. The van der Waals surface area contributed by atoms with Crippen LogP contribution in [0.3, 0.4) is 0 Å². The van der Waals surface area contributed by atoms with E-state index in [1.54, 1.807) is 24.0 Å². The lowest BCUT2D eigenvalue weighted by Crippen LogP contribution is -2.53. The number of carbonyl (C=O) groups excluding carboxylic acids is 1. The minimum atomic E-state index is -1.30. The van der Waals surface area contributed by atoms with Crippen LogP contribution >= 0.6 is 0 Å². The van der Waals surface area contributed by atoms with Crippen LogP contribution in [0.2, 0.25) is 0 Å². The number of carboxylic acids is 1. The largest absolute Gasteiger partial charge is 0.480 e. The third-order valence-corrected chi connectivity index (χ3v) is 2.16. The Balaban J connectivity index is 2.43. The lowest BCUT2D eigenvalue weighted by Gasteiger charge is -2.20. The Morgan fingerprint density at radius 3 is 2.65 bits per heavy atom. The predicted molar refractivity (Wildman–Crippen MR) is 60.3 cm³/mol. The summed E-state index contributed by atoms with van der Waals surface area (Å²) in [5, 5.41) is 17.8. The molecule has 2 amide bonds. The topological polar surface area (TPSA) is 96.2 Å². The van der Waals surface area contributed by atoms with Crippen LogP contribution in [0, 0.1) is 0 Å². The van der Waals surface area contributed by atoms with Crippen LogP contribution in [-0.2, 0) is 18.4 Å². The summed E-state index contributed by atoms with van der Waals surface area (Å²) in [5.41, 5.74) is -0.593. The fourth-order valence-electron chi connectivity index (χ4n) is 1.11. The summed E-state index contributed by atoms with van der Waals surface area (Å²) in [6.45, 7) is 3.08. The summed E-state index contributed by atoms with van der Waals surface area (Å²) >= 11 is 0. The van der Waals surface area contributed by atoms with Crippen LogP contribution in [0.15, 0.2) is 12.3 Å². The maximum Gasteiger partial charge on any atom is 0.328 e. The standard InChI is InChI=1S/C10H16N4O3/c1-10(2,8(15)16)12-9(17)11-6-7-4-5-14(3)13-7/h4-5H,6H2,1-3H3,(H,15,16)(H2,11,12,17). The molecule has 0 aliphatic heterocycles. The van der Waals surface area contributed by atoms with Crippen LogP contribution in [0.5, 0.6) is 0 Å². The van der Waals surface area contributed by atoms with E-state index in [0.717, 1.165) is 0 Å². The number of hydrogen-bond donors (Lipinski definition) is 3. The second kappa shape index (κ2) is 4.86. The number of nitrogens with one attached hydrogen (secondary N) is 2. The molecular weight excluding hydrogens is 224 g/mol. The minimum Gasteiger partial charge on any atom is -0.480 e. The van der Waals surface area contributed by atoms with Gasteiger partial charge in [0, 0.05) is 13.2 Å². The number of aromatic nitrogens is 2. The fraction of sp³-hybridized carbons (Fsp3) is 0.500. The predicted octanol–water partition coefficient (Wildman–Crippen LogP) is 0.0825. The molecule has 0 bridgehead atoms. The number of rotatable bonds is 4. The van der Waals surface area contributed by atoms with Gasteiger partial charge in [0.25, 0.3) is 0 Å². The highest BCUT2D eigenvalue weighted by molar-refractivity contribution is 5.85. The smallest absolute Gasteiger partial charge is 0.328 e. The zero-order valence-electron chi connectivity index (χ0n) is 10.0. The van der Waals surface area contributed by atoms with Crippen molar-refractivity contribution < 1.29 is 14.7 Å². The van der Waals surface area contributed by atoms with Crippen LogP contribution in [0.25, 0.3) is 0 Å². The van der Waals surface area contributed by atoms with Crippen molar-refractivity contribution in [3.8, 4) is 0 Å². The molecule has 7 heteroatoms. The molecule has 0 saturated carbocycles. The first-order valence-corrected chi connectivity index (χ1v) is 5.09. The van der Waals surface area contributed by atoms with Gasteiger partial charge in [-0.3, -0.25) is 4.68 Å². The van der Waals surface area contributed by atoms with Crippen LogP contribution in [0.4, 0.5) is 4.79 Å². The third kappa shape index (κ3) is 3.78. The average Bonchev–Trinajstić information content (AvgIpc) is 2.60. The van der Waals surface area contributed by atoms with Gasteiger partial charge in [-0.2, -0.15) is 5.10 Å². The Bertz CT molecular complexity index is 425. The van der Waals surface area contributed by atoms with Crippen LogP contribution in [0.1, 0.15) is 19.5 Å². The Morgan fingerprint density at radius 1 is 1.53 bits per heavy atom. The molecule has 0 aromatic carbocycles. The Morgan fingerprint density at radius 2 is 2.18 bits per heavy atom. The Kier molecular flexibility index (Phi) is 3.72. The lowest BCUT2D eigenvalue weighted by atomic mass is 10.1. The van der Waals surface area contributed by atoms with Gasteiger partial charge < -0.3 is 15.7 Å². The van der Waals surface area contributed by atoms with E-state index in [2.05, 4.69) is 15.7 Å². The molecule has 0 saturated heterocycles. The maximum atomic E-state index is 11.4. The molecule has 1 rings (SSSR count). The summed E-state index contributed by atoms with van der Waals surface area (Å²) in [7, 11) is 1.77. The van der Waals surface area contributed by atoms with Crippen LogP contribution in [-0.4, -0.2) is 32.4 Å². The summed E-state index contributed by atoms with van der Waals surface area (Å²) in [4.78, 5) is 22.2. The molecule has 1 aromatic heterocycles. The third-order valence-electron chi connectivity index (χ3n) is 2.16. The molecule has 1 aromatic rings. The van der Waals surface area contributed by atoms with E-state index in [1.807, 2.05) is 0 Å². The fourth-order valence-corrected chi connectivity index (χ4v) is 1.11. The van der Waals surface area contributed by atoms with E-state index in [1.165, 1.54) is 13.8 Å². The summed E-state index contributed by atoms with van der Waals surface area (Å²) in [6.07, 6.45) is 1.76.